The number of rotatable bonds is 7. The number of fused-ring (bicyclic) bond motifs is 2. The lowest BCUT2D eigenvalue weighted by atomic mass is 10.0. The molecular formula is C29H26FN7O. The molecule has 5 heterocycles. The molecular weight excluding hydrogens is 481 g/mol. The van der Waals surface area contributed by atoms with Gasteiger partial charge in [0.1, 0.15) is 29.5 Å². The number of aromatic nitrogens is 6. The van der Waals surface area contributed by atoms with E-state index in [-0.39, 0.29) is 5.82 Å². The largest absolute Gasteiger partial charge is 0.492 e. The minimum Gasteiger partial charge on any atom is -0.492 e. The molecule has 8 nitrogen and oxygen atoms in total. The van der Waals surface area contributed by atoms with Crippen molar-refractivity contribution < 1.29 is 9.13 Å². The molecule has 190 valence electrons. The van der Waals surface area contributed by atoms with Crippen LogP contribution in [0.15, 0.2) is 67.1 Å². The number of nitrogens with one attached hydrogen (secondary N) is 3. The Kier molecular flexibility index (Phi) is 5.62. The van der Waals surface area contributed by atoms with Crippen molar-refractivity contribution in [3.8, 4) is 39.4 Å². The Bertz CT molecular complexity index is 1730. The Balaban J connectivity index is 1.23. The highest BCUT2D eigenvalue weighted by Crippen LogP contribution is 2.35. The molecule has 1 aliphatic heterocycles. The summed E-state index contributed by atoms with van der Waals surface area (Å²) in [6.45, 7) is 3.61. The number of ether oxygens (including phenoxy) is 1. The van der Waals surface area contributed by atoms with Crippen LogP contribution in [0.4, 0.5) is 4.39 Å². The van der Waals surface area contributed by atoms with Crippen LogP contribution in [0.25, 0.3) is 55.6 Å². The molecule has 2 aromatic carbocycles. The van der Waals surface area contributed by atoms with E-state index >= 15 is 0 Å². The highest BCUT2D eigenvalue weighted by molar-refractivity contribution is 6.00. The van der Waals surface area contributed by atoms with Crippen LogP contribution in [-0.2, 0) is 0 Å². The van der Waals surface area contributed by atoms with Gasteiger partial charge in [0.25, 0.3) is 0 Å². The van der Waals surface area contributed by atoms with Gasteiger partial charge in [-0.1, -0.05) is 6.07 Å². The molecule has 6 aromatic rings. The molecule has 7 rings (SSSR count). The summed E-state index contributed by atoms with van der Waals surface area (Å²) >= 11 is 0. The quantitative estimate of drug-likeness (QED) is 0.255. The van der Waals surface area contributed by atoms with Crippen LogP contribution < -0.4 is 4.74 Å². The second-order valence-electron chi connectivity index (χ2n) is 9.70. The topological polar surface area (TPSA) is 98.5 Å². The number of halogens is 1. The average Bonchev–Trinajstić information content (AvgIpc) is 3.73. The number of H-pyrrole nitrogens is 3. The molecule has 1 fully saturated rings. The Morgan fingerprint density at radius 3 is 2.74 bits per heavy atom. The molecule has 0 radical (unpaired) electrons. The zero-order valence-electron chi connectivity index (χ0n) is 20.7. The highest BCUT2D eigenvalue weighted by Gasteiger charge is 2.16. The molecule has 0 spiro atoms. The van der Waals surface area contributed by atoms with Crippen molar-refractivity contribution in [1.29, 1.82) is 0 Å². The van der Waals surface area contributed by atoms with Crippen LogP contribution in [0.5, 0.6) is 5.75 Å². The standard InChI is InChI=1S/C29H26FN7O/c30-21-11-19(12-22(14-21)38-10-9-37-7-1-2-8-37)23-5-6-31-29-24(23)15-27(34-29)28-25-13-18(20-16-32-33-17-20)3-4-26(25)35-36-28/h3-6,11-17H,1-2,7-10H2,(H,31,34)(H,32,33)(H,35,36). The fourth-order valence-corrected chi connectivity index (χ4v) is 5.31. The Morgan fingerprint density at radius 1 is 0.947 bits per heavy atom. The van der Waals surface area contributed by atoms with Crippen molar-refractivity contribution in [3.63, 3.8) is 0 Å². The maximum atomic E-state index is 14.7. The second kappa shape index (κ2) is 9.42. The summed E-state index contributed by atoms with van der Waals surface area (Å²) < 4.78 is 20.6. The zero-order chi connectivity index (χ0) is 25.5. The lowest BCUT2D eigenvalue weighted by molar-refractivity contribution is 0.237. The van der Waals surface area contributed by atoms with E-state index in [9.17, 15) is 4.39 Å². The number of likely N-dealkylation sites (tertiary alicyclic amines) is 1. The molecule has 0 saturated carbocycles. The van der Waals surface area contributed by atoms with Crippen LogP contribution in [0.3, 0.4) is 0 Å². The SMILES string of the molecule is Fc1cc(OCCN2CCCC2)cc(-c2ccnc3[nH]c(-c4n[nH]c5ccc(-c6cn[nH]c6)cc45)cc23)c1. The zero-order valence-corrected chi connectivity index (χ0v) is 20.7. The fraction of sp³-hybridized carbons (Fsp3) is 0.207. The number of hydrogen-bond donors (Lipinski definition) is 3. The first kappa shape index (κ1) is 22.7. The number of pyridine rings is 1. The highest BCUT2D eigenvalue weighted by atomic mass is 19.1. The normalized spacial score (nSPS) is 14.1. The molecule has 1 saturated heterocycles. The summed E-state index contributed by atoms with van der Waals surface area (Å²) in [5.41, 5.74) is 6.92. The van der Waals surface area contributed by atoms with Crippen LogP contribution in [-0.4, -0.2) is 61.5 Å². The van der Waals surface area contributed by atoms with Crippen LogP contribution >= 0.6 is 0 Å². The maximum Gasteiger partial charge on any atom is 0.138 e. The van der Waals surface area contributed by atoms with Gasteiger partial charge in [0, 0.05) is 41.3 Å². The molecule has 0 atom stereocenters. The van der Waals surface area contributed by atoms with Gasteiger partial charge < -0.3 is 9.72 Å². The minimum absolute atomic E-state index is 0.329. The molecule has 0 amide bonds. The summed E-state index contributed by atoms with van der Waals surface area (Å²) in [6.07, 6.45) is 7.87. The third kappa shape index (κ3) is 4.20. The van der Waals surface area contributed by atoms with E-state index in [4.69, 9.17) is 4.74 Å². The molecule has 0 unspecified atom stereocenters. The van der Waals surface area contributed by atoms with Crippen LogP contribution in [0, 0.1) is 5.82 Å². The molecule has 0 bridgehead atoms. The average molecular weight is 508 g/mol. The van der Waals surface area contributed by atoms with E-state index in [1.807, 2.05) is 36.5 Å². The predicted octanol–water partition coefficient (Wildman–Crippen LogP) is 5.78. The van der Waals surface area contributed by atoms with Gasteiger partial charge >= 0.3 is 0 Å². The monoisotopic (exact) mass is 507 g/mol. The summed E-state index contributed by atoms with van der Waals surface area (Å²) in [6, 6.07) is 15.0. The summed E-state index contributed by atoms with van der Waals surface area (Å²) in [7, 11) is 0. The Morgan fingerprint density at radius 2 is 1.87 bits per heavy atom. The molecule has 4 aromatic heterocycles. The lowest BCUT2D eigenvalue weighted by Crippen LogP contribution is -2.25. The van der Waals surface area contributed by atoms with Crippen molar-refractivity contribution in [2.45, 2.75) is 12.8 Å². The van der Waals surface area contributed by atoms with Crippen molar-refractivity contribution in [1.82, 2.24) is 35.3 Å². The lowest BCUT2D eigenvalue weighted by Gasteiger charge is -2.15. The molecule has 38 heavy (non-hydrogen) atoms. The van der Waals surface area contributed by atoms with Gasteiger partial charge in [0.05, 0.1) is 17.4 Å². The number of hydrogen-bond acceptors (Lipinski definition) is 5. The van der Waals surface area contributed by atoms with Gasteiger partial charge in [0.2, 0.25) is 0 Å². The van der Waals surface area contributed by atoms with Crippen molar-refractivity contribution in [2.24, 2.45) is 0 Å². The minimum atomic E-state index is -0.329. The fourth-order valence-electron chi connectivity index (χ4n) is 5.31. The van der Waals surface area contributed by atoms with E-state index in [1.54, 1.807) is 12.4 Å². The van der Waals surface area contributed by atoms with Crippen molar-refractivity contribution >= 4 is 21.9 Å². The van der Waals surface area contributed by atoms with Gasteiger partial charge in [-0.05, 0) is 79.0 Å². The van der Waals surface area contributed by atoms with Gasteiger partial charge in [0.15, 0.2) is 0 Å². The van der Waals surface area contributed by atoms with E-state index in [2.05, 4.69) is 41.3 Å². The van der Waals surface area contributed by atoms with E-state index in [0.29, 0.717) is 18.0 Å². The molecule has 9 heteroatoms. The van der Waals surface area contributed by atoms with Gasteiger partial charge in [-0.3, -0.25) is 15.1 Å². The summed E-state index contributed by atoms with van der Waals surface area (Å²) in [4.78, 5) is 10.3. The number of aromatic amines is 3. The molecule has 0 aliphatic carbocycles. The van der Waals surface area contributed by atoms with Crippen LogP contribution in [0.1, 0.15) is 12.8 Å². The third-order valence-electron chi connectivity index (χ3n) is 7.24. The Hall–Kier alpha value is -4.50. The van der Waals surface area contributed by atoms with Gasteiger partial charge in [-0.25, -0.2) is 9.37 Å². The number of nitrogens with zero attached hydrogens (tertiary/aromatic N) is 4. The third-order valence-corrected chi connectivity index (χ3v) is 7.24. The molecule has 3 N–H and O–H groups in total. The predicted molar refractivity (Wildman–Crippen MR) is 145 cm³/mol. The van der Waals surface area contributed by atoms with Crippen molar-refractivity contribution in [2.75, 3.05) is 26.2 Å². The first-order chi connectivity index (χ1) is 18.7. The van der Waals surface area contributed by atoms with E-state index in [1.165, 1.54) is 25.0 Å². The smallest absolute Gasteiger partial charge is 0.138 e. The maximum absolute atomic E-state index is 14.7. The second-order valence-corrected chi connectivity index (χ2v) is 9.70. The van der Waals surface area contributed by atoms with Crippen LogP contribution in [0.2, 0.25) is 0 Å². The van der Waals surface area contributed by atoms with E-state index < -0.39 is 0 Å². The Labute approximate surface area is 217 Å². The first-order valence-electron chi connectivity index (χ1n) is 12.8. The van der Waals surface area contributed by atoms with Crippen molar-refractivity contribution in [3.05, 3.63) is 72.9 Å². The molecule has 1 aliphatic rings. The van der Waals surface area contributed by atoms with Gasteiger partial charge in [-0.2, -0.15) is 10.2 Å². The first-order valence-corrected chi connectivity index (χ1v) is 12.8. The van der Waals surface area contributed by atoms with E-state index in [0.717, 1.165) is 69.6 Å². The van der Waals surface area contributed by atoms with Gasteiger partial charge in [-0.15, -0.1) is 0 Å². The number of benzene rings is 2. The summed E-state index contributed by atoms with van der Waals surface area (Å²) in [5, 5.41) is 16.5. The summed E-state index contributed by atoms with van der Waals surface area (Å²) in [5.74, 6) is 0.203.